The molecule has 0 bridgehead atoms. The van der Waals surface area contributed by atoms with Gasteiger partial charge in [0.1, 0.15) is 0 Å². The number of carbonyl (C=O) groups is 3. The molecule has 3 rings (SSSR count). The van der Waals surface area contributed by atoms with Crippen LogP contribution in [0.2, 0.25) is 0 Å². The number of aromatic nitrogens is 1. The standard InChI is InChI=1S/C31H42N4O4/c1-6-23(2)35(29(36)12-9-13-31(38)39-5)22-30(37)34(21-24-14-16-26(17-15-24)33(3)4)19-18-25-20-32-28-11-8-7-10-27(25)28/h7-8,10-11,14-17,20,23,32H,6,9,12-13,18-19,21-22H2,1-5H3. The summed E-state index contributed by atoms with van der Waals surface area (Å²) in [6.45, 7) is 4.96. The third kappa shape index (κ3) is 8.34. The number of anilines is 1. The van der Waals surface area contributed by atoms with E-state index < -0.39 is 0 Å². The minimum atomic E-state index is -0.335. The highest BCUT2D eigenvalue weighted by Crippen LogP contribution is 2.20. The summed E-state index contributed by atoms with van der Waals surface area (Å²) in [5.41, 5.74) is 4.36. The number of rotatable bonds is 14. The van der Waals surface area contributed by atoms with Crippen molar-refractivity contribution < 1.29 is 19.1 Å². The molecule has 0 fully saturated rings. The second kappa shape index (κ2) is 14.4. The fraction of sp³-hybridized carbons (Fsp3) is 0.452. The van der Waals surface area contributed by atoms with Crippen LogP contribution in [0, 0.1) is 0 Å². The average Bonchev–Trinajstić information content (AvgIpc) is 3.36. The molecule has 1 atom stereocenters. The van der Waals surface area contributed by atoms with Gasteiger partial charge in [0.05, 0.1) is 13.7 Å². The summed E-state index contributed by atoms with van der Waals surface area (Å²) < 4.78 is 4.69. The smallest absolute Gasteiger partial charge is 0.305 e. The Kier molecular flexibility index (Phi) is 11.0. The number of nitrogens with zero attached hydrogens (tertiary/aromatic N) is 3. The summed E-state index contributed by atoms with van der Waals surface area (Å²) in [4.78, 5) is 47.2. The van der Waals surface area contributed by atoms with Gasteiger partial charge in [-0.2, -0.15) is 0 Å². The fourth-order valence-electron chi connectivity index (χ4n) is 4.59. The molecule has 39 heavy (non-hydrogen) atoms. The molecule has 0 saturated carbocycles. The Labute approximate surface area is 231 Å². The van der Waals surface area contributed by atoms with Gasteiger partial charge in [-0.15, -0.1) is 0 Å². The Morgan fingerprint density at radius 3 is 2.36 bits per heavy atom. The number of amides is 2. The molecule has 8 heteroatoms. The van der Waals surface area contributed by atoms with Gasteiger partial charge in [0, 0.05) is 68.9 Å². The van der Waals surface area contributed by atoms with Crippen LogP contribution in [-0.4, -0.2) is 72.9 Å². The van der Waals surface area contributed by atoms with Gasteiger partial charge in [-0.25, -0.2) is 0 Å². The van der Waals surface area contributed by atoms with Crippen LogP contribution >= 0.6 is 0 Å². The lowest BCUT2D eigenvalue weighted by atomic mass is 10.1. The maximum atomic E-state index is 13.8. The number of aromatic amines is 1. The first kappa shape index (κ1) is 29.7. The highest BCUT2D eigenvalue weighted by molar-refractivity contribution is 5.86. The molecule has 1 heterocycles. The van der Waals surface area contributed by atoms with Crippen LogP contribution in [0.1, 0.15) is 50.7 Å². The average molecular weight is 535 g/mol. The molecule has 210 valence electrons. The van der Waals surface area contributed by atoms with Gasteiger partial charge in [-0.05, 0) is 55.5 Å². The Bertz CT molecular complexity index is 1230. The molecule has 0 aliphatic heterocycles. The quantitative estimate of drug-likeness (QED) is 0.301. The number of ether oxygens (including phenoxy) is 1. The summed E-state index contributed by atoms with van der Waals surface area (Å²) >= 11 is 0. The van der Waals surface area contributed by atoms with Crippen molar-refractivity contribution in [3.63, 3.8) is 0 Å². The normalized spacial score (nSPS) is 11.7. The Morgan fingerprint density at radius 1 is 0.974 bits per heavy atom. The molecule has 2 aromatic carbocycles. The number of para-hydroxylation sites is 1. The van der Waals surface area contributed by atoms with Crippen LogP contribution in [0.15, 0.2) is 54.7 Å². The monoisotopic (exact) mass is 534 g/mol. The summed E-state index contributed by atoms with van der Waals surface area (Å²) in [5.74, 6) is -0.542. The second-order valence-electron chi connectivity index (χ2n) is 10.2. The minimum absolute atomic E-state index is 0.00965. The molecule has 0 radical (unpaired) electrons. The number of H-pyrrole nitrogens is 1. The van der Waals surface area contributed by atoms with Gasteiger partial charge in [-0.1, -0.05) is 37.3 Å². The fourth-order valence-corrected chi connectivity index (χ4v) is 4.59. The third-order valence-corrected chi connectivity index (χ3v) is 7.25. The van der Waals surface area contributed by atoms with Crippen molar-refractivity contribution in [1.82, 2.24) is 14.8 Å². The SMILES string of the molecule is CCC(C)N(CC(=O)N(CCc1c[nH]c2ccccc12)Cc1ccc(N(C)C)cc1)C(=O)CCCC(=O)OC. The maximum Gasteiger partial charge on any atom is 0.305 e. The first-order valence-corrected chi connectivity index (χ1v) is 13.7. The lowest BCUT2D eigenvalue weighted by molar-refractivity contribution is -0.143. The number of carbonyl (C=O) groups excluding carboxylic acids is 3. The van der Waals surface area contributed by atoms with Crippen molar-refractivity contribution >= 4 is 34.4 Å². The van der Waals surface area contributed by atoms with E-state index in [0.717, 1.165) is 34.1 Å². The molecule has 8 nitrogen and oxygen atoms in total. The lowest BCUT2D eigenvalue weighted by Gasteiger charge is -2.31. The van der Waals surface area contributed by atoms with E-state index in [4.69, 9.17) is 0 Å². The lowest BCUT2D eigenvalue weighted by Crippen LogP contribution is -2.46. The molecule has 0 aliphatic carbocycles. The second-order valence-corrected chi connectivity index (χ2v) is 10.2. The zero-order chi connectivity index (χ0) is 28.4. The Balaban J connectivity index is 1.77. The highest BCUT2D eigenvalue weighted by atomic mass is 16.5. The molecule has 2 amide bonds. The number of esters is 1. The van der Waals surface area contributed by atoms with Gasteiger partial charge in [0.2, 0.25) is 11.8 Å². The molecular formula is C31H42N4O4. The number of fused-ring (bicyclic) bond motifs is 1. The third-order valence-electron chi connectivity index (χ3n) is 7.25. The van der Waals surface area contributed by atoms with E-state index in [2.05, 4.69) is 15.8 Å². The van der Waals surface area contributed by atoms with Crippen LogP contribution < -0.4 is 4.90 Å². The van der Waals surface area contributed by atoms with Crippen LogP contribution in [0.3, 0.4) is 0 Å². The van der Waals surface area contributed by atoms with E-state index >= 15 is 0 Å². The van der Waals surface area contributed by atoms with Crippen molar-refractivity contribution in [2.24, 2.45) is 0 Å². The van der Waals surface area contributed by atoms with Crippen molar-refractivity contribution in [2.45, 2.75) is 58.5 Å². The van der Waals surface area contributed by atoms with Gasteiger partial charge in [0.15, 0.2) is 0 Å². The van der Waals surface area contributed by atoms with E-state index in [0.29, 0.717) is 25.9 Å². The van der Waals surface area contributed by atoms with E-state index in [1.54, 1.807) is 4.90 Å². The van der Waals surface area contributed by atoms with Crippen LogP contribution in [0.25, 0.3) is 10.9 Å². The molecule has 1 N–H and O–H groups in total. The summed E-state index contributed by atoms with van der Waals surface area (Å²) in [5, 5.41) is 1.15. The topological polar surface area (TPSA) is 86.0 Å². The van der Waals surface area contributed by atoms with Crippen molar-refractivity contribution in [2.75, 3.05) is 39.2 Å². The molecule has 0 spiro atoms. The van der Waals surface area contributed by atoms with Gasteiger partial charge in [-0.3, -0.25) is 14.4 Å². The van der Waals surface area contributed by atoms with Crippen LogP contribution in [0.4, 0.5) is 5.69 Å². The van der Waals surface area contributed by atoms with Crippen molar-refractivity contribution in [1.29, 1.82) is 0 Å². The van der Waals surface area contributed by atoms with E-state index in [-0.39, 0.29) is 43.2 Å². The van der Waals surface area contributed by atoms with Crippen molar-refractivity contribution in [3.8, 4) is 0 Å². The van der Waals surface area contributed by atoms with E-state index in [1.807, 2.05) is 86.4 Å². The van der Waals surface area contributed by atoms with Crippen LogP contribution in [-0.2, 0) is 32.1 Å². The van der Waals surface area contributed by atoms with Gasteiger partial charge >= 0.3 is 5.97 Å². The largest absolute Gasteiger partial charge is 0.469 e. The summed E-state index contributed by atoms with van der Waals surface area (Å²) in [6, 6.07) is 16.3. The molecule has 0 aliphatic rings. The van der Waals surface area contributed by atoms with Crippen LogP contribution in [0.5, 0.6) is 0 Å². The first-order valence-electron chi connectivity index (χ1n) is 13.7. The molecule has 0 saturated heterocycles. The molecule has 1 unspecified atom stereocenters. The molecule has 1 aromatic heterocycles. The van der Waals surface area contributed by atoms with E-state index in [9.17, 15) is 14.4 Å². The minimum Gasteiger partial charge on any atom is -0.469 e. The number of benzene rings is 2. The van der Waals surface area contributed by atoms with Gasteiger partial charge < -0.3 is 24.4 Å². The Morgan fingerprint density at radius 2 is 1.69 bits per heavy atom. The van der Waals surface area contributed by atoms with Gasteiger partial charge in [0.25, 0.3) is 0 Å². The molecule has 3 aromatic rings. The summed E-state index contributed by atoms with van der Waals surface area (Å²) in [6.07, 6.45) is 4.22. The Hall–Kier alpha value is -3.81. The number of hydrogen-bond donors (Lipinski definition) is 1. The van der Waals surface area contributed by atoms with E-state index in [1.165, 1.54) is 7.11 Å². The predicted octanol–water partition coefficient (Wildman–Crippen LogP) is 4.78. The number of hydrogen-bond acceptors (Lipinski definition) is 5. The predicted molar refractivity (Wildman–Crippen MR) is 156 cm³/mol. The zero-order valence-corrected chi connectivity index (χ0v) is 23.9. The number of methoxy groups -OCH3 is 1. The maximum absolute atomic E-state index is 13.8. The first-order chi connectivity index (χ1) is 18.7. The van der Waals surface area contributed by atoms with Crippen molar-refractivity contribution in [3.05, 3.63) is 65.9 Å². The molecular weight excluding hydrogens is 492 g/mol. The number of nitrogens with one attached hydrogen (secondary N) is 1. The zero-order valence-electron chi connectivity index (χ0n) is 23.9. The summed E-state index contributed by atoms with van der Waals surface area (Å²) in [7, 11) is 5.34. The highest BCUT2D eigenvalue weighted by Gasteiger charge is 2.25.